The van der Waals surface area contributed by atoms with Gasteiger partial charge in [0.15, 0.2) is 0 Å². The summed E-state index contributed by atoms with van der Waals surface area (Å²) >= 11 is 12.2. The zero-order valence-corrected chi connectivity index (χ0v) is 22.9. The lowest BCUT2D eigenvalue weighted by atomic mass is 10.1. The van der Waals surface area contributed by atoms with Crippen molar-refractivity contribution in [3.8, 4) is 0 Å². The van der Waals surface area contributed by atoms with Crippen LogP contribution in [0.15, 0.2) is 48.5 Å². The quantitative estimate of drug-likeness (QED) is 0.465. The van der Waals surface area contributed by atoms with Crippen molar-refractivity contribution < 1.29 is 18.0 Å². The number of para-hydroxylation sites is 1. The molecule has 0 aromatic heterocycles. The van der Waals surface area contributed by atoms with Gasteiger partial charge in [-0.3, -0.25) is 9.59 Å². The van der Waals surface area contributed by atoms with Crippen molar-refractivity contribution in [2.24, 2.45) is 0 Å². The second-order valence-corrected chi connectivity index (χ2v) is 11.3. The second kappa shape index (κ2) is 12.6. The molecule has 0 unspecified atom stereocenters. The predicted octanol–water partition coefficient (Wildman–Crippen LogP) is 3.94. The van der Waals surface area contributed by atoms with Gasteiger partial charge < -0.3 is 10.2 Å². The molecule has 2 aromatic rings. The number of hydrogen-bond donors (Lipinski definition) is 1. The maximum Gasteiger partial charge on any atom is 0.304 e. The summed E-state index contributed by atoms with van der Waals surface area (Å²) in [6.07, 6.45) is 0.724. The number of hydrogen-bond acceptors (Lipinski definition) is 4. The van der Waals surface area contributed by atoms with Gasteiger partial charge in [-0.1, -0.05) is 54.4 Å². The fourth-order valence-electron chi connectivity index (χ4n) is 3.19. The topological polar surface area (TPSA) is 90.0 Å². The molecule has 2 aromatic carbocycles. The van der Waals surface area contributed by atoms with E-state index in [1.807, 2.05) is 13.8 Å². The number of amides is 2. The van der Waals surface area contributed by atoms with E-state index in [1.165, 1.54) is 19.0 Å². The van der Waals surface area contributed by atoms with Crippen LogP contribution in [0.25, 0.3) is 0 Å². The summed E-state index contributed by atoms with van der Waals surface area (Å²) in [4.78, 5) is 27.9. The molecule has 0 heterocycles. The molecule has 2 rings (SSSR count). The number of carbonyl (C=O) groups is 2. The van der Waals surface area contributed by atoms with Crippen LogP contribution in [0.5, 0.6) is 0 Å². The van der Waals surface area contributed by atoms with Gasteiger partial charge in [0, 0.05) is 26.7 Å². The minimum atomic E-state index is -3.99. The fraction of sp³-hybridized carbons (Fsp3) is 0.417. The molecule has 0 fully saturated rings. The molecule has 2 amide bonds. The Morgan fingerprint density at radius 1 is 1.00 bits per heavy atom. The van der Waals surface area contributed by atoms with Crippen LogP contribution in [0.4, 0.5) is 5.69 Å². The molecular weight excluding hydrogens is 511 g/mol. The molecule has 35 heavy (non-hydrogen) atoms. The highest BCUT2D eigenvalue weighted by molar-refractivity contribution is 7.90. The third-order valence-corrected chi connectivity index (χ3v) is 8.13. The van der Waals surface area contributed by atoms with Crippen LogP contribution in [-0.2, 0) is 26.3 Å². The van der Waals surface area contributed by atoms with Gasteiger partial charge in [0.25, 0.3) is 0 Å². The third-order valence-electron chi connectivity index (χ3n) is 5.57. The van der Waals surface area contributed by atoms with E-state index >= 15 is 0 Å². The van der Waals surface area contributed by atoms with E-state index < -0.39 is 28.7 Å². The lowest BCUT2D eigenvalue weighted by molar-refractivity contribution is -0.139. The van der Waals surface area contributed by atoms with Gasteiger partial charge in [0.05, 0.1) is 15.7 Å². The highest BCUT2D eigenvalue weighted by Crippen LogP contribution is 2.25. The van der Waals surface area contributed by atoms with E-state index in [1.54, 1.807) is 55.5 Å². The van der Waals surface area contributed by atoms with Gasteiger partial charge in [0.2, 0.25) is 11.8 Å². The maximum absolute atomic E-state index is 13.6. The summed E-state index contributed by atoms with van der Waals surface area (Å²) in [5, 5.41) is 3.56. The Morgan fingerprint density at radius 3 is 2.17 bits per heavy atom. The first-order chi connectivity index (χ1) is 16.4. The van der Waals surface area contributed by atoms with Gasteiger partial charge in [0.1, 0.15) is 12.6 Å². The molecule has 0 aliphatic heterocycles. The van der Waals surface area contributed by atoms with Crippen LogP contribution in [0, 0.1) is 0 Å². The lowest BCUT2D eigenvalue weighted by Crippen LogP contribution is -2.53. The summed E-state index contributed by atoms with van der Waals surface area (Å²) in [7, 11) is -1.21. The molecule has 0 radical (unpaired) electrons. The van der Waals surface area contributed by atoms with Crippen molar-refractivity contribution in [3.05, 3.63) is 64.1 Å². The van der Waals surface area contributed by atoms with Gasteiger partial charge in [-0.05, 0) is 50.1 Å². The van der Waals surface area contributed by atoms with E-state index in [2.05, 4.69) is 5.32 Å². The van der Waals surface area contributed by atoms with Gasteiger partial charge >= 0.3 is 10.2 Å². The molecule has 0 saturated carbocycles. The van der Waals surface area contributed by atoms with E-state index in [-0.39, 0.29) is 18.5 Å². The first kappa shape index (κ1) is 28.9. The number of nitrogens with zero attached hydrogens (tertiary/aromatic N) is 3. The van der Waals surface area contributed by atoms with Crippen LogP contribution >= 0.6 is 23.2 Å². The van der Waals surface area contributed by atoms with Crippen LogP contribution in [0.3, 0.4) is 0 Å². The summed E-state index contributed by atoms with van der Waals surface area (Å²) in [5.41, 5.74) is 0.985. The van der Waals surface area contributed by atoms with Crippen molar-refractivity contribution in [2.75, 3.05) is 24.9 Å². The second-order valence-electron chi connectivity index (χ2n) is 8.40. The first-order valence-corrected chi connectivity index (χ1v) is 13.3. The smallest absolute Gasteiger partial charge is 0.304 e. The number of rotatable bonds is 11. The Hall–Kier alpha value is -2.33. The molecule has 0 bridgehead atoms. The number of halogens is 2. The molecule has 0 aliphatic carbocycles. The summed E-state index contributed by atoms with van der Waals surface area (Å²) in [6.45, 7) is 4.97. The highest BCUT2D eigenvalue weighted by Gasteiger charge is 2.32. The van der Waals surface area contributed by atoms with Crippen molar-refractivity contribution in [1.29, 1.82) is 0 Å². The van der Waals surface area contributed by atoms with Crippen molar-refractivity contribution >= 4 is 50.9 Å². The Labute approximate surface area is 218 Å². The Morgan fingerprint density at radius 2 is 1.63 bits per heavy atom. The summed E-state index contributed by atoms with van der Waals surface area (Å²) in [6, 6.07) is 12.3. The van der Waals surface area contributed by atoms with Crippen LogP contribution < -0.4 is 9.62 Å². The monoisotopic (exact) mass is 542 g/mol. The molecule has 11 heteroatoms. The largest absolute Gasteiger partial charge is 0.352 e. The van der Waals surface area contributed by atoms with E-state index in [4.69, 9.17) is 23.2 Å². The van der Waals surface area contributed by atoms with Crippen molar-refractivity contribution in [1.82, 2.24) is 14.5 Å². The van der Waals surface area contributed by atoms with Crippen LogP contribution in [0.1, 0.15) is 32.8 Å². The molecule has 8 nitrogen and oxygen atoms in total. The van der Waals surface area contributed by atoms with Gasteiger partial charge in [-0.2, -0.15) is 12.7 Å². The third kappa shape index (κ3) is 7.57. The number of nitrogens with one attached hydrogen (secondary N) is 1. The fourth-order valence-corrected chi connectivity index (χ4v) is 4.57. The minimum Gasteiger partial charge on any atom is -0.352 e. The van der Waals surface area contributed by atoms with Gasteiger partial charge in [-0.25, -0.2) is 4.31 Å². The Balaban J connectivity index is 2.44. The molecule has 0 aliphatic rings. The van der Waals surface area contributed by atoms with E-state index in [9.17, 15) is 18.0 Å². The standard InChI is InChI=1S/C24H32Cl2N4O4S/c1-6-17(2)27-24(32)18(3)29(15-19-12-13-21(25)22(26)14-19)23(31)16-30(35(33,34)28(4)5)20-10-8-7-9-11-20/h7-14,17-18H,6,15-16H2,1-5H3,(H,27,32)/t17-,18+/m0/s1. The molecule has 0 saturated heterocycles. The minimum absolute atomic E-state index is 0.0372. The Bertz CT molecular complexity index is 1130. The number of anilines is 1. The zero-order chi connectivity index (χ0) is 26.3. The molecule has 2 atom stereocenters. The lowest BCUT2D eigenvalue weighted by Gasteiger charge is -2.33. The molecule has 1 N–H and O–H groups in total. The Kier molecular flexibility index (Phi) is 10.4. The summed E-state index contributed by atoms with van der Waals surface area (Å²) < 4.78 is 28.2. The maximum atomic E-state index is 13.6. The van der Waals surface area contributed by atoms with Crippen LogP contribution in [0.2, 0.25) is 10.0 Å². The average Bonchev–Trinajstić information content (AvgIpc) is 2.82. The average molecular weight is 544 g/mol. The predicted molar refractivity (Wildman–Crippen MR) is 141 cm³/mol. The molecule has 0 spiro atoms. The molecular formula is C24H32Cl2N4O4S. The SMILES string of the molecule is CC[C@H](C)NC(=O)[C@@H](C)N(Cc1ccc(Cl)c(Cl)c1)C(=O)CN(c1ccccc1)S(=O)(=O)N(C)C. The zero-order valence-electron chi connectivity index (χ0n) is 20.5. The number of benzene rings is 2. The first-order valence-electron chi connectivity index (χ1n) is 11.2. The van der Waals surface area contributed by atoms with Crippen molar-refractivity contribution in [2.45, 2.75) is 45.8 Å². The van der Waals surface area contributed by atoms with Gasteiger partial charge in [-0.15, -0.1) is 0 Å². The van der Waals surface area contributed by atoms with Crippen LogP contribution in [-0.4, -0.2) is 62.2 Å². The number of carbonyl (C=O) groups excluding carboxylic acids is 2. The van der Waals surface area contributed by atoms with E-state index in [0.717, 1.165) is 15.0 Å². The highest BCUT2D eigenvalue weighted by atomic mass is 35.5. The molecule has 192 valence electrons. The van der Waals surface area contributed by atoms with Crippen molar-refractivity contribution in [3.63, 3.8) is 0 Å². The normalized spacial score (nSPS) is 13.3. The van der Waals surface area contributed by atoms with E-state index in [0.29, 0.717) is 21.3 Å². The summed E-state index contributed by atoms with van der Waals surface area (Å²) in [5.74, 6) is -0.883.